The Labute approximate surface area is 145 Å². The summed E-state index contributed by atoms with van der Waals surface area (Å²) in [6.45, 7) is 3.61. The van der Waals surface area contributed by atoms with Crippen LogP contribution in [0.25, 0.3) is 0 Å². The third kappa shape index (κ3) is 8.36. The third-order valence-corrected chi connectivity index (χ3v) is 3.56. The Morgan fingerprint density at radius 2 is 1.84 bits per heavy atom. The van der Waals surface area contributed by atoms with Crippen molar-refractivity contribution in [2.24, 2.45) is 5.73 Å². The van der Waals surface area contributed by atoms with Gasteiger partial charge in [-0.2, -0.15) is 8.42 Å². The molecule has 25 heavy (non-hydrogen) atoms. The van der Waals surface area contributed by atoms with Gasteiger partial charge in [-0.25, -0.2) is 9.59 Å². The molecule has 0 aromatic rings. The Morgan fingerprint density at radius 1 is 1.32 bits per heavy atom. The maximum atomic E-state index is 12.3. The minimum atomic E-state index is -4.67. The zero-order chi connectivity index (χ0) is 19.8. The van der Waals surface area contributed by atoms with Crippen LogP contribution in [0, 0.1) is 0 Å². The molecule has 1 fully saturated rings. The normalized spacial score (nSPS) is 21.8. The molecular weight excluding hydrogens is 360 g/mol. The number of carboxylic acids is 1. The molecule has 1 rings (SSSR count). The minimum absolute atomic E-state index is 0.235. The molecule has 1 saturated heterocycles. The summed E-state index contributed by atoms with van der Waals surface area (Å²) in [5, 5.41) is 8.95. The number of ether oxygens (including phenoxy) is 1. The quantitative estimate of drug-likeness (QED) is 0.262. The Kier molecular flexibility index (Phi) is 9.15. The van der Waals surface area contributed by atoms with Gasteiger partial charge in [0.05, 0.1) is 6.54 Å². The first kappa shape index (κ1) is 23.4. The van der Waals surface area contributed by atoms with Crippen molar-refractivity contribution in [2.45, 2.75) is 51.1 Å². The average Bonchev–Trinajstić information content (AvgIpc) is 2.80. The molecule has 0 aromatic heterocycles. The fourth-order valence-electron chi connectivity index (χ4n) is 2.64. The SMILES string of the molecule is CCC[C@@]1(C(=O)OC(=O)[C@H](C)N)CCCN1CC(=O)O.O=S(=O)(O)O. The summed E-state index contributed by atoms with van der Waals surface area (Å²) in [6.07, 6.45) is 2.36. The van der Waals surface area contributed by atoms with Gasteiger partial charge >= 0.3 is 28.3 Å². The Morgan fingerprint density at radius 3 is 2.24 bits per heavy atom. The monoisotopic (exact) mass is 384 g/mol. The highest BCUT2D eigenvalue weighted by atomic mass is 32.3. The second-order valence-electron chi connectivity index (χ2n) is 5.65. The van der Waals surface area contributed by atoms with Crippen LogP contribution in [0.3, 0.4) is 0 Å². The first-order chi connectivity index (χ1) is 11.3. The highest BCUT2D eigenvalue weighted by Gasteiger charge is 2.49. The molecule has 1 aliphatic heterocycles. The summed E-state index contributed by atoms with van der Waals surface area (Å²) < 4.78 is 36.4. The topological polar surface area (TPSA) is 185 Å². The maximum absolute atomic E-state index is 12.3. The van der Waals surface area contributed by atoms with Gasteiger partial charge in [-0.3, -0.25) is 18.8 Å². The summed E-state index contributed by atoms with van der Waals surface area (Å²) in [5.41, 5.74) is 4.36. The van der Waals surface area contributed by atoms with E-state index in [1.165, 1.54) is 6.92 Å². The van der Waals surface area contributed by atoms with Crippen molar-refractivity contribution in [2.75, 3.05) is 13.1 Å². The average molecular weight is 384 g/mol. The van der Waals surface area contributed by atoms with Crippen LogP contribution in [0.2, 0.25) is 0 Å². The number of esters is 2. The molecule has 5 N–H and O–H groups in total. The lowest BCUT2D eigenvalue weighted by atomic mass is 9.90. The van der Waals surface area contributed by atoms with E-state index >= 15 is 0 Å². The first-order valence-electron chi connectivity index (χ1n) is 7.52. The smallest absolute Gasteiger partial charge is 0.394 e. The van der Waals surface area contributed by atoms with Gasteiger partial charge in [-0.05, 0) is 32.7 Å². The lowest BCUT2D eigenvalue weighted by Crippen LogP contribution is -2.54. The standard InChI is InChI=1S/C13H22N2O5.H2O4S/c1-3-5-13(12(19)20-11(18)9(2)14)6-4-7-15(13)8-10(16)17;1-5(2,3)4/h9H,3-8,14H2,1-2H3,(H,16,17);(H2,1,2,3,4)/t9-,13-;/m0./s1. The van der Waals surface area contributed by atoms with Crippen LogP contribution in [0.4, 0.5) is 0 Å². The number of carboxylic acid groups (broad SMARTS) is 1. The van der Waals surface area contributed by atoms with Crippen LogP contribution in [-0.4, -0.2) is 70.1 Å². The van der Waals surface area contributed by atoms with Crippen LogP contribution in [0.5, 0.6) is 0 Å². The van der Waals surface area contributed by atoms with Crippen LogP contribution >= 0.6 is 0 Å². The summed E-state index contributed by atoms with van der Waals surface area (Å²) >= 11 is 0. The van der Waals surface area contributed by atoms with Gasteiger partial charge in [0.15, 0.2) is 0 Å². The van der Waals surface area contributed by atoms with Crippen molar-refractivity contribution in [3.63, 3.8) is 0 Å². The maximum Gasteiger partial charge on any atom is 0.394 e. The molecule has 12 heteroatoms. The largest absolute Gasteiger partial charge is 0.480 e. The minimum Gasteiger partial charge on any atom is -0.480 e. The van der Waals surface area contributed by atoms with Crippen LogP contribution in [0.1, 0.15) is 39.5 Å². The molecule has 146 valence electrons. The second-order valence-corrected chi connectivity index (χ2v) is 6.54. The summed E-state index contributed by atoms with van der Waals surface area (Å²) in [4.78, 5) is 36.3. The van der Waals surface area contributed by atoms with E-state index < -0.39 is 39.9 Å². The van der Waals surface area contributed by atoms with Crippen LogP contribution in [0.15, 0.2) is 0 Å². The predicted molar refractivity (Wildman–Crippen MR) is 85.0 cm³/mol. The molecule has 0 spiro atoms. The third-order valence-electron chi connectivity index (χ3n) is 3.56. The molecule has 1 aliphatic rings. The number of aliphatic carboxylic acids is 1. The van der Waals surface area contributed by atoms with Crippen molar-refractivity contribution >= 4 is 28.3 Å². The number of rotatable bonds is 6. The van der Waals surface area contributed by atoms with E-state index in [2.05, 4.69) is 0 Å². The molecular formula is C13H24N2O9S. The molecule has 0 bridgehead atoms. The fraction of sp³-hybridized carbons (Fsp3) is 0.769. The molecule has 0 aromatic carbocycles. The van der Waals surface area contributed by atoms with Crippen molar-refractivity contribution in [1.29, 1.82) is 0 Å². The Bertz CT molecular complexity index is 582. The highest BCUT2D eigenvalue weighted by molar-refractivity contribution is 7.79. The summed E-state index contributed by atoms with van der Waals surface area (Å²) in [6, 6.07) is -0.882. The number of carbonyl (C=O) groups is 3. The highest BCUT2D eigenvalue weighted by Crippen LogP contribution is 2.34. The molecule has 0 unspecified atom stereocenters. The summed E-state index contributed by atoms with van der Waals surface area (Å²) in [7, 11) is -4.67. The van der Waals surface area contributed by atoms with Gasteiger partial charge < -0.3 is 15.6 Å². The first-order valence-corrected chi connectivity index (χ1v) is 8.91. The molecule has 1 heterocycles. The van der Waals surface area contributed by atoms with E-state index in [9.17, 15) is 14.4 Å². The van der Waals surface area contributed by atoms with E-state index in [1.54, 1.807) is 4.90 Å². The van der Waals surface area contributed by atoms with Gasteiger partial charge in [0.25, 0.3) is 0 Å². The van der Waals surface area contributed by atoms with E-state index in [4.69, 9.17) is 33.1 Å². The Hall–Kier alpha value is -1.60. The lowest BCUT2D eigenvalue weighted by Gasteiger charge is -2.34. The van der Waals surface area contributed by atoms with E-state index in [-0.39, 0.29) is 6.54 Å². The molecule has 0 aliphatic carbocycles. The van der Waals surface area contributed by atoms with Crippen molar-refractivity contribution in [1.82, 2.24) is 4.90 Å². The number of carbonyl (C=O) groups excluding carboxylic acids is 2. The zero-order valence-electron chi connectivity index (χ0n) is 14.0. The van der Waals surface area contributed by atoms with Gasteiger partial charge in [-0.15, -0.1) is 0 Å². The summed E-state index contributed by atoms with van der Waals surface area (Å²) in [5.74, 6) is -2.47. The molecule has 11 nitrogen and oxygen atoms in total. The zero-order valence-corrected chi connectivity index (χ0v) is 14.9. The van der Waals surface area contributed by atoms with E-state index in [0.29, 0.717) is 32.2 Å². The molecule has 2 atom stereocenters. The van der Waals surface area contributed by atoms with Gasteiger partial charge in [0.1, 0.15) is 11.6 Å². The van der Waals surface area contributed by atoms with Crippen molar-refractivity contribution in [3.05, 3.63) is 0 Å². The number of hydrogen-bond donors (Lipinski definition) is 4. The van der Waals surface area contributed by atoms with Crippen molar-refractivity contribution in [3.8, 4) is 0 Å². The number of hydrogen-bond acceptors (Lipinski definition) is 8. The van der Waals surface area contributed by atoms with E-state index in [0.717, 1.165) is 0 Å². The predicted octanol–water partition coefficient (Wildman–Crippen LogP) is -0.530. The van der Waals surface area contributed by atoms with Crippen LogP contribution < -0.4 is 5.73 Å². The van der Waals surface area contributed by atoms with Crippen LogP contribution in [-0.2, 0) is 29.5 Å². The lowest BCUT2D eigenvalue weighted by molar-refractivity contribution is -0.169. The van der Waals surface area contributed by atoms with E-state index in [1.807, 2.05) is 6.92 Å². The molecule has 0 radical (unpaired) electrons. The number of nitrogens with zero attached hydrogens (tertiary/aromatic N) is 1. The van der Waals surface area contributed by atoms with Gasteiger partial charge in [-0.1, -0.05) is 13.3 Å². The molecule has 0 saturated carbocycles. The molecule has 0 amide bonds. The van der Waals surface area contributed by atoms with Gasteiger partial charge in [0, 0.05) is 0 Å². The Balaban J connectivity index is 0.00000101. The second kappa shape index (κ2) is 9.77. The number of likely N-dealkylation sites (tertiary alicyclic amines) is 1. The van der Waals surface area contributed by atoms with Gasteiger partial charge in [0.2, 0.25) is 0 Å². The fourth-order valence-corrected chi connectivity index (χ4v) is 2.64. The number of nitrogens with two attached hydrogens (primary N) is 1. The van der Waals surface area contributed by atoms with Crippen molar-refractivity contribution < 1.29 is 41.8 Å².